The second kappa shape index (κ2) is 9.73. The number of amides is 2. The van der Waals surface area contributed by atoms with E-state index in [1.54, 1.807) is 23.6 Å². The number of benzene rings is 2. The number of carbonyl (C=O) groups is 2. The summed E-state index contributed by atoms with van der Waals surface area (Å²) < 4.78 is 0. The fourth-order valence-corrected chi connectivity index (χ4v) is 5.49. The van der Waals surface area contributed by atoms with E-state index in [2.05, 4.69) is 15.3 Å². The third-order valence-electron chi connectivity index (χ3n) is 6.25. The predicted octanol–water partition coefficient (Wildman–Crippen LogP) is 5.09. The van der Waals surface area contributed by atoms with E-state index in [4.69, 9.17) is 0 Å². The fraction of sp³-hybridized carbons (Fsp3) is 0.259. The van der Waals surface area contributed by atoms with Crippen LogP contribution in [0.5, 0.6) is 0 Å². The first-order valence-corrected chi connectivity index (χ1v) is 12.4. The average Bonchev–Trinajstić information content (AvgIpc) is 3.29. The van der Waals surface area contributed by atoms with E-state index in [9.17, 15) is 9.59 Å². The van der Waals surface area contributed by atoms with Crippen LogP contribution in [0, 0.1) is 6.92 Å². The van der Waals surface area contributed by atoms with Crippen LogP contribution in [0.3, 0.4) is 0 Å². The number of piperidine rings is 1. The molecule has 172 valence electrons. The number of pyridine rings is 1. The molecule has 0 saturated carbocycles. The molecule has 0 spiro atoms. The molecule has 0 bridgehead atoms. The van der Waals surface area contributed by atoms with E-state index < -0.39 is 0 Å². The SMILES string of the molecule is Cc1nc(C(=O)N2CCCCC2CNC(=O)c2ccnc3ccccc23)c(-c2ccccc2)s1. The molecule has 0 aliphatic carbocycles. The lowest BCUT2D eigenvalue weighted by Gasteiger charge is -2.35. The van der Waals surface area contributed by atoms with E-state index >= 15 is 0 Å². The smallest absolute Gasteiger partial charge is 0.274 e. The van der Waals surface area contributed by atoms with Crippen LogP contribution >= 0.6 is 11.3 Å². The van der Waals surface area contributed by atoms with Gasteiger partial charge in [-0.1, -0.05) is 48.5 Å². The van der Waals surface area contributed by atoms with Gasteiger partial charge in [-0.3, -0.25) is 14.6 Å². The Kier molecular flexibility index (Phi) is 6.36. The van der Waals surface area contributed by atoms with Crippen LogP contribution in [0.2, 0.25) is 0 Å². The topological polar surface area (TPSA) is 75.2 Å². The molecular weight excluding hydrogens is 444 g/mol. The monoisotopic (exact) mass is 470 g/mol. The van der Waals surface area contributed by atoms with Crippen molar-refractivity contribution in [3.05, 3.63) is 83.1 Å². The van der Waals surface area contributed by atoms with Crippen molar-refractivity contribution in [2.45, 2.75) is 32.2 Å². The first-order chi connectivity index (χ1) is 16.6. The van der Waals surface area contributed by atoms with Crippen LogP contribution in [0.15, 0.2) is 66.9 Å². The molecule has 1 aliphatic rings. The van der Waals surface area contributed by atoms with Gasteiger partial charge in [-0.05, 0) is 43.9 Å². The number of hydrogen-bond donors (Lipinski definition) is 1. The molecule has 2 aromatic carbocycles. The number of nitrogens with zero attached hydrogens (tertiary/aromatic N) is 3. The first kappa shape index (κ1) is 22.2. The Morgan fingerprint density at radius 3 is 2.71 bits per heavy atom. The number of nitrogens with one attached hydrogen (secondary N) is 1. The van der Waals surface area contributed by atoms with Crippen molar-refractivity contribution >= 4 is 34.1 Å². The summed E-state index contributed by atoms with van der Waals surface area (Å²) in [5.41, 5.74) is 2.90. The van der Waals surface area contributed by atoms with Gasteiger partial charge >= 0.3 is 0 Å². The summed E-state index contributed by atoms with van der Waals surface area (Å²) in [6, 6.07) is 19.2. The molecule has 4 aromatic rings. The highest BCUT2D eigenvalue weighted by molar-refractivity contribution is 7.15. The second-order valence-corrected chi connectivity index (χ2v) is 9.71. The van der Waals surface area contributed by atoms with E-state index in [1.165, 1.54) is 0 Å². The summed E-state index contributed by atoms with van der Waals surface area (Å²) >= 11 is 1.54. The molecule has 1 fully saturated rings. The highest BCUT2D eigenvalue weighted by atomic mass is 32.1. The maximum absolute atomic E-state index is 13.7. The van der Waals surface area contributed by atoms with Gasteiger partial charge in [0.15, 0.2) is 0 Å². The molecule has 1 aliphatic heterocycles. The number of hydrogen-bond acceptors (Lipinski definition) is 5. The average molecular weight is 471 g/mol. The van der Waals surface area contributed by atoms with Crippen molar-refractivity contribution in [1.29, 1.82) is 0 Å². The Balaban J connectivity index is 1.35. The van der Waals surface area contributed by atoms with Gasteiger partial charge in [0.05, 0.1) is 21.0 Å². The first-order valence-electron chi connectivity index (χ1n) is 11.6. The predicted molar refractivity (Wildman–Crippen MR) is 135 cm³/mol. The number of likely N-dealkylation sites (tertiary alicyclic amines) is 1. The normalized spacial score (nSPS) is 15.9. The van der Waals surface area contributed by atoms with Gasteiger partial charge in [0, 0.05) is 30.7 Å². The maximum Gasteiger partial charge on any atom is 0.274 e. The van der Waals surface area contributed by atoms with Crippen molar-refractivity contribution < 1.29 is 9.59 Å². The highest BCUT2D eigenvalue weighted by Gasteiger charge is 2.31. The zero-order valence-corrected chi connectivity index (χ0v) is 19.8. The number of fused-ring (bicyclic) bond motifs is 1. The van der Waals surface area contributed by atoms with Crippen LogP contribution in [0.25, 0.3) is 21.3 Å². The molecule has 1 atom stereocenters. The number of aryl methyl sites for hydroxylation is 1. The van der Waals surface area contributed by atoms with Crippen molar-refractivity contribution in [2.75, 3.05) is 13.1 Å². The lowest BCUT2D eigenvalue weighted by molar-refractivity contribution is 0.0598. The molecule has 3 heterocycles. The zero-order valence-electron chi connectivity index (χ0n) is 19.0. The minimum atomic E-state index is -0.147. The molecular formula is C27H26N4O2S. The molecule has 1 saturated heterocycles. The Hall–Kier alpha value is -3.58. The largest absolute Gasteiger partial charge is 0.350 e. The lowest BCUT2D eigenvalue weighted by Crippen LogP contribution is -2.49. The summed E-state index contributed by atoms with van der Waals surface area (Å²) in [5.74, 6) is -0.206. The highest BCUT2D eigenvalue weighted by Crippen LogP contribution is 2.32. The summed E-state index contributed by atoms with van der Waals surface area (Å²) in [7, 11) is 0. The Morgan fingerprint density at radius 1 is 1.06 bits per heavy atom. The fourth-order valence-electron chi connectivity index (χ4n) is 4.57. The second-order valence-electron chi connectivity index (χ2n) is 8.51. The number of rotatable bonds is 5. The maximum atomic E-state index is 13.7. The molecule has 0 radical (unpaired) electrons. The minimum absolute atomic E-state index is 0.0588. The van der Waals surface area contributed by atoms with Crippen LogP contribution in [-0.2, 0) is 0 Å². The van der Waals surface area contributed by atoms with Gasteiger partial charge in [0.1, 0.15) is 5.69 Å². The van der Waals surface area contributed by atoms with Gasteiger partial charge in [0.25, 0.3) is 11.8 Å². The van der Waals surface area contributed by atoms with Crippen LogP contribution in [-0.4, -0.2) is 45.8 Å². The standard InChI is InChI=1S/C27H26N4O2S/c1-18-30-24(25(34-18)19-9-3-2-4-10-19)27(33)31-16-8-7-11-20(31)17-29-26(32)22-14-15-28-23-13-6-5-12-21(22)23/h2-6,9-10,12-15,20H,7-8,11,16-17H2,1H3,(H,29,32). The van der Waals surface area contributed by atoms with Gasteiger partial charge in [-0.2, -0.15) is 0 Å². The quantitative estimate of drug-likeness (QED) is 0.441. The molecule has 5 rings (SSSR count). The van der Waals surface area contributed by atoms with Gasteiger partial charge in [-0.25, -0.2) is 4.98 Å². The summed E-state index contributed by atoms with van der Waals surface area (Å²) in [6.07, 6.45) is 4.50. The Morgan fingerprint density at radius 2 is 1.85 bits per heavy atom. The van der Waals surface area contributed by atoms with Crippen molar-refractivity contribution in [2.24, 2.45) is 0 Å². The number of para-hydroxylation sites is 1. The van der Waals surface area contributed by atoms with Crippen LogP contribution in [0.4, 0.5) is 0 Å². The van der Waals surface area contributed by atoms with Crippen LogP contribution < -0.4 is 5.32 Å². The summed E-state index contributed by atoms with van der Waals surface area (Å²) in [6.45, 7) is 3.01. The van der Waals surface area contributed by atoms with E-state index in [0.717, 1.165) is 45.6 Å². The van der Waals surface area contributed by atoms with Crippen molar-refractivity contribution in [1.82, 2.24) is 20.2 Å². The van der Waals surface area contributed by atoms with Crippen molar-refractivity contribution in [3.63, 3.8) is 0 Å². The summed E-state index contributed by atoms with van der Waals surface area (Å²) in [4.78, 5) is 38.4. The van der Waals surface area contributed by atoms with E-state index in [0.29, 0.717) is 24.3 Å². The zero-order chi connectivity index (χ0) is 23.5. The minimum Gasteiger partial charge on any atom is -0.350 e. The lowest BCUT2D eigenvalue weighted by atomic mass is 10.0. The van der Waals surface area contributed by atoms with E-state index in [-0.39, 0.29) is 17.9 Å². The third kappa shape index (κ3) is 4.43. The summed E-state index contributed by atoms with van der Waals surface area (Å²) in [5, 5.41) is 4.76. The Labute approximate surface area is 202 Å². The van der Waals surface area contributed by atoms with Crippen LogP contribution in [0.1, 0.15) is 45.1 Å². The molecule has 1 unspecified atom stereocenters. The third-order valence-corrected chi connectivity index (χ3v) is 7.27. The van der Waals surface area contributed by atoms with Gasteiger partial charge in [0.2, 0.25) is 0 Å². The molecule has 6 nitrogen and oxygen atoms in total. The number of carbonyl (C=O) groups excluding carboxylic acids is 2. The van der Waals surface area contributed by atoms with Gasteiger partial charge < -0.3 is 10.2 Å². The molecule has 7 heteroatoms. The molecule has 2 aromatic heterocycles. The molecule has 34 heavy (non-hydrogen) atoms. The number of thiazole rings is 1. The molecule has 2 amide bonds. The van der Waals surface area contributed by atoms with E-state index in [1.807, 2.05) is 66.4 Å². The number of aromatic nitrogens is 2. The van der Waals surface area contributed by atoms with Crippen molar-refractivity contribution in [3.8, 4) is 10.4 Å². The van der Waals surface area contributed by atoms with Gasteiger partial charge in [-0.15, -0.1) is 11.3 Å². The Bertz CT molecular complexity index is 1330. The molecule has 1 N–H and O–H groups in total.